The van der Waals surface area contributed by atoms with Gasteiger partial charge in [-0.2, -0.15) is 0 Å². The summed E-state index contributed by atoms with van der Waals surface area (Å²) in [6.45, 7) is 2.95. The molecule has 1 N–H and O–H groups in total. The molecule has 3 rings (SSSR count). The van der Waals surface area contributed by atoms with Crippen LogP contribution in [0.4, 0.5) is 10.2 Å². The van der Waals surface area contributed by atoms with Gasteiger partial charge in [0.1, 0.15) is 5.82 Å². The monoisotopic (exact) mass is 389 g/mol. The standard InChI is InChI=1S/C18H20FN5O2S/c1-12(25)23-7-5-14(6-8-23)15-4-3-13(9-16(15)19)11-24(18(27)26-2)17-10-20-22-21-17/h3-5,9-10H,6-8,11H2,1-2H3,(H,20,21,22). The average molecular weight is 389 g/mol. The van der Waals surface area contributed by atoms with Crippen molar-refractivity contribution in [1.82, 2.24) is 20.3 Å². The van der Waals surface area contributed by atoms with Crippen molar-refractivity contribution in [3.8, 4) is 0 Å². The summed E-state index contributed by atoms with van der Waals surface area (Å²) in [5.74, 6) is 0.215. The lowest BCUT2D eigenvalue weighted by molar-refractivity contribution is -0.128. The van der Waals surface area contributed by atoms with Gasteiger partial charge < -0.3 is 9.64 Å². The van der Waals surface area contributed by atoms with Crippen molar-refractivity contribution in [1.29, 1.82) is 0 Å². The maximum absolute atomic E-state index is 14.7. The molecular weight excluding hydrogens is 369 g/mol. The second-order valence-electron chi connectivity index (χ2n) is 6.15. The molecule has 0 aliphatic carbocycles. The lowest BCUT2D eigenvalue weighted by Crippen LogP contribution is -2.32. The molecule has 0 saturated carbocycles. The Kier molecular flexibility index (Phi) is 5.80. The normalized spacial score (nSPS) is 13.9. The van der Waals surface area contributed by atoms with Crippen molar-refractivity contribution in [2.75, 3.05) is 25.1 Å². The third kappa shape index (κ3) is 4.30. The van der Waals surface area contributed by atoms with E-state index >= 15 is 0 Å². The number of anilines is 1. The number of carbonyl (C=O) groups excluding carboxylic acids is 1. The number of methoxy groups -OCH3 is 1. The molecule has 2 heterocycles. The number of nitrogens with zero attached hydrogens (tertiary/aromatic N) is 4. The Morgan fingerprint density at radius 2 is 2.30 bits per heavy atom. The van der Waals surface area contributed by atoms with E-state index in [0.29, 0.717) is 37.4 Å². The van der Waals surface area contributed by atoms with E-state index in [9.17, 15) is 9.18 Å². The van der Waals surface area contributed by atoms with Crippen molar-refractivity contribution in [3.05, 3.63) is 47.4 Å². The summed E-state index contributed by atoms with van der Waals surface area (Å²) in [5, 5.41) is 10.4. The number of halogens is 1. The van der Waals surface area contributed by atoms with Crippen LogP contribution in [0.3, 0.4) is 0 Å². The highest BCUT2D eigenvalue weighted by atomic mass is 32.1. The van der Waals surface area contributed by atoms with Crippen LogP contribution in [0.1, 0.15) is 24.5 Å². The minimum Gasteiger partial charge on any atom is -0.474 e. The van der Waals surface area contributed by atoms with Gasteiger partial charge in [0.05, 0.1) is 19.9 Å². The number of carbonyl (C=O) groups is 1. The van der Waals surface area contributed by atoms with Crippen LogP contribution in [-0.4, -0.2) is 51.6 Å². The second kappa shape index (κ2) is 8.26. The Hall–Kier alpha value is -2.81. The van der Waals surface area contributed by atoms with Gasteiger partial charge in [-0.3, -0.25) is 14.8 Å². The molecule has 1 aliphatic heterocycles. The van der Waals surface area contributed by atoms with Crippen LogP contribution in [-0.2, 0) is 16.1 Å². The number of hydrogen-bond acceptors (Lipinski definition) is 5. The fourth-order valence-corrected chi connectivity index (χ4v) is 3.13. The largest absolute Gasteiger partial charge is 0.474 e. The maximum Gasteiger partial charge on any atom is 0.265 e. The average Bonchev–Trinajstić information content (AvgIpc) is 3.20. The van der Waals surface area contributed by atoms with E-state index in [-0.39, 0.29) is 16.9 Å². The number of aromatic amines is 1. The molecule has 0 radical (unpaired) electrons. The van der Waals surface area contributed by atoms with Crippen LogP contribution in [0, 0.1) is 5.82 Å². The quantitative estimate of drug-likeness (QED) is 0.810. The summed E-state index contributed by atoms with van der Waals surface area (Å²) in [4.78, 5) is 14.8. The number of ether oxygens (including phenoxy) is 1. The first-order chi connectivity index (χ1) is 13.0. The number of thiocarbonyl (C=S) groups is 1. The van der Waals surface area contributed by atoms with Gasteiger partial charge in [0, 0.05) is 25.6 Å². The Bertz CT molecular complexity index is 869. The lowest BCUT2D eigenvalue weighted by atomic mass is 9.97. The molecule has 0 unspecified atom stereocenters. The van der Waals surface area contributed by atoms with Crippen molar-refractivity contribution < 1.29 is 13.9 Å². The predicted molar refractivity (Wildman–Crippen MR) is 103 cm³/mol. The van der Waals surface area contributed by atoms with Gasteiger partial charge in [-0.1, -0.05) is 23.4 Å². The third-order valence-corrected chi connectivity index (χ3v) is 4.84. The van der Waals surface area contributed by atoms with E-state index in [4.69, 9.17) is 17.0 Å². The molecule has 1 amide bonds. The molecule has 0 saturated heterocycles. The summed E-state index contributed by atoms with van der Waals surface area (Å²) in [6.07, 6.45) is 4.13. The van der Waals surface area contributed by atoms with Crippen LogP contribution < -0.4 is 4.90 Å². The lowest BCUT2D eigenvalue weighted by Gasteiger charge is -2.26. The van der Waals surface area contributed by atoms with Gasteiger partial charge >= 0.3 is 0 Å². The van der Waals surface area contributed by atoms with Gasteiger partial charge in [-0.15, -0.1) is 5.10 Å². The minimum atomic E-state index is -0.307. The SMILES string of the molecule is COC(=S)N(Cc1ccc(C2=CCN(C(C)=O)CC2)c(F)c1)c1c[nH]nn1. The smallest absolute Gasteiger partial charge is 0.265 e. The van der Waals surface area contributed by atoms with Crippen LogP contribution in [0.2, 0.25) is 0 Å². The third-order valence-electron chi connectivity index (χ3n) is 4.45. The predicted octanol–water partition coefficient (Wildman–Crippen LogP) is 2.52. The molecule has 1 aromatic carbocycles. The van der Waals surface area contributed by atoms with E-state index < -0.39 is 0 Å². The first kappa shape index (κ1) is 19.0. The van der Waals surface area contributed by atoms with Crippen LogP contribution in [0.5, 0.6) is 0 Å². The molecule has 142 valence electrons. The molecule has 1 aromatic heterocycles. The topological polar surface area (TPSA) is 74.3 Å². The molecule has 27 heavy (non-hydrogen) atoms. The van der Waals surface area contributed by atoms with Gasteiger partial charge in [-0.25, -0.2) is 4.39 Å². The Balaban J connectivity index is 1.78. The van der Waals surface area contributed by atoms with Gasteiger partial charge in [0.25, 0.3) is 5.17 Å². The van der Waals surface area contributed by atoms with E-state index in [2.05, 4.69) is 15.4 Å². The van der Waals surface area contributed by atoms with Gasteiger partial charge in [0.15, 0.2) is 5.82 Å². The van der Waals surface area contributed by atoms with E-state index in [1.165, 1.54) is 13.2 Å². The second-order valence-corrected chi connectivity index (χ2v) is 6.50. The van der Waals surface area contributed by atoms with Crippen molar-refractivity contribution >= 4 is 34.7 Å². The van der Waals surface area contributed by atoms with Crippen LogP contribution in [0.15, 0.2) is 30.5 Å². The number of aromatic nitrogens is 3. The summed E-state index contributed by atoms with van der Waals surface area (Å²) in [7, 11) is 1.47. The molecule has 0 spiro atoms. The van der Waals surface area contributed by atoms with Gasteiger partial charge in [0.2, 0.25) is 5.91 Å². The molecular formula is C18H20FN5O2S. The highest BCUT2D eigenvalue weighted by Crippen LogP contribution is 2.26. The zero-order chi connectivity index (χ0) is 19.4. The van der Waals surface area contributed by atoms with Crippen LogP contribution in [0.25, 0.3) is 5.57 Å². The van der Waals surface area contributed by atoms with Crippen molar-refractivity contribution in [3.63, 3.8) is 0 Å². The maximum atomic E-state index is 14.7. The number of rotatable bonds is 4. The number of amides is 1. The highest BCUT2D eigenvalue weighted by Gasteiger charge is 2.19. The first-order valence-corrected chi connectivity index (χ1v) is 8.85. The van der Waals surface area contributed by atoms with E-state index in [0.717, 1.165) is 11.1 Å². The first-order valence-electron chi connectivity index (χ1n) is 8.45. The number of benzene rings is 1. The molecule has 1 aliphatic rings. The highest BCUT2D eigenvalue weighted by molar-refractivity contribution is 7.80. The van der Waals surface area contributed by atoms with E-state index in [1.54, 1.807) is 29.0 Å². The molecule has 2 aromatic rings. The van der Waals surface area contributed by atoms with Gasteiger partial charge in [-0.05, 0) is 35.8 Å². The zero-order valence-corrected chi connectivity index (χ0v) is 15.9. The van der Waals surface area contributed by atoms with E-state index in [1.807, 2.05) is 12.1 Å². The van der Waals surface area contributed by atoms with Crippen molar-refractivity contribution in [2.45, 2.75) is 19.9 Å². The molecule has 0 atom stereocenters. The Morgan fingerprint density at radius 1 is 1.48 bits per heavy atom. The summed E-state index contributed by atoms with van der Waals surface area (Å²) < 4.78 is 19.9. The summed E-state index contributed by atoms with van der Waals surface area (Å²) >= 11 is 5.20. The van der Waals surface area contributed by atoms with Crippen molar-refractivity contribution in [2.24, 2.45) is 0 Å². The molecule has 0 bridgehead atoms. The Labute approximate surface area is 161 Å². The number of hydrogen-bond donors (Lipinski definition) is 1. The summed E-state index contributed by atoms with van der Waals surface area (Å²) in [6, 6.07) is 5.09. The number of H-pyrrole nitrogens is 1. The minimum absolute atomic E-state index is 0.0307. The zero-order valence-electron chi connectivity index (χ0n) is 15.1. The fourth-order valence-electron chi connectivity index (χ4n) is 2.98. The summed E-state index contributed by atoms with van der Waals surface area (Å²) in [5.41, 5.74) is 2.20. The molecule has 0 fully saturated rings. The molecule has 7 nitrogen and oxygen atoms in total. The molecule has 9 heteroatoms. The van der Waals surface area contributed by atoms with Crippen LogP contribution >= 0.6 is 12.2 Å². The Morgan fingerprint density at radius 3 is 2.85 bits per heavy atom. The fraction of sp³-hybridized carbons (Fsp3) is 0.333. The number of nitrogens with one attached hydrogen (secondary N) is 1.